The van der Waals surface area contributed by atoms with E-state index in [1.807, 2.05) is 33.0 Å². The molecule has 3 rings (SSSR count). The Bertz CT molecular complexity index is 656. The summed E-state index contributed by atoms with van der Waals surface area (Å²) < 4.78 is 12.2. The van der Waals surface area contributed by atoms with Gasteiger partial charge in [-0.05, 0) is 47.1 Å². The van der Waals surface area contributed by atoms with Crippen LogP contribution in [0.25, 0.3) is 0 Å². The molecule has 6 heteroatoms. The molecule has 1 saturated heterocycles. The Balaban J connectivity index is 1.83. The van der Waals surface area contributed by atoms with E-state index in [4.69, 9.17) is 9.47 Å². The molecule has 1 aromatic heterocycles. The van der Waals surface area contributed by atoms with Crippen LogP contribution in [0.1, 0.15) is 52.3 Å². The van der Waals surface area contributed by atoms with Crippen molar-refractivity contribution >= 4 is 28.7 Å². The van der Waals surface area contributed by atoms with Crippen molar-refractivity contribution in [1.82, 2.24) is 9.88 Å². The molecule has 2 aliphatic heterocycles. The van der Waals surface area contributed by atoms with Crippen molar-refractivity contribution in [2.45, 2.75) is 61.8 Å². The van der Waals surface area contributed by atoms with Crippen LogP contribution in [0.15, 0.2) is 18.3 Å². The minimum absolute atomic E-state index is 0.140. The number of halogens is 1. The zero-order chi connectivity index (χ0) is 17.8. The zero-order valence-corrected chi connectivity index (χ0v) is 17.1. The van der Waals surface area contributed by atoms with Crippen LogP contribution in [0.3, 0.4) is 0 Å². The largest absolute Gasteiger partial charge is 0.444 e. The van der Waals surface area contributed by atoms with E-state index < -0.39 is 11.2 Å². The molecule has 0 radical (unpaired) electrons. The molecule has 0 N–H and O–H groups in total. The molecule has 2 atom stereocenters. The van der Waals surface area contributed by atoms with Gasteiger partial charge >= 0.3 is 6.09 Å². The lowest BCUT2D eigenvalue weighted by Gasteiger charge is -2.44. The van der Waals surface area contributed by atoms with Crippen LogP contribution in [-0.2, 0) is 20.7 Å². The highest BCUT2D eigenvalue weighted by molar-refractivity contribution is 14.1. The molecule has 3 heterocycles. The first-order chi connectivity index (χ1) is 11.1. The van der Waals surface area contributed by atoms with Gasteiger partial charge < -0.3 is 14.4 Å². The molecule has 1 aromatic rings. The van der Waals surface area contributed by atoms with Crippen molar-refractivity contribution < 1.29 is 14.3 Å². The minimum Gasteiger partial charge on any atom is -0.444 e. The average Bonchev–Trinajstić information content (AvgIpc) is 2.70. The lowest BCUT2D eigenvalue weighted by Crippen LogP contribution is -2.54. The van der Waals surface area contributed by atoms with E-state index in [0.29, 0.717) is 13.1 Å². The summed E-state index contributed by atoms with van der Waals surface area (Å²) in [5.74, 6) is 0. The Hall–Kier alpha value is -0.890. The van der Waals surface area contributed by atoms with Gasteiger partial charge in [0.2, 0.25) is 0 Å². The van der Waals surface area contributed by atoms with Crippen LogP contribution in [0, 0.1) is 0 Å². The number of nitrogens with zero attached hydrogens (tertiary/aromatic N) is 2. The molecule has 24 heavy (non-hydrogen) atoms. The number of aromatic nitrogens is 1. The van der Waals surface area contributed by atoms with Crippen LogP contribution in [0.5, 0.6) is 0 Å². The highest BCUT2D eigenvalue weighted by Gasteiger charge is 2.55. The highest BCUT2D eigenvalue weighted by Crippen LogP contribution is 2.53. The van der Waals surface area contributed by atoms with E-state index in [1.54, 1.807) is 4.90 Å². The Kier molecular flexibility index (Phi) is 4.35. The quantitative estimate of drug-likeness (QED) is 0.449. The lowest BCUT2D eigenvalue weighted by atomic mass is 9.84. The fourth-order valence-electron chi connectivity index (χ4n) is 3.59. The third-order valence-electron chi connectivity index (χ3n) is 4.56. The molecule has 0 bridgehead atoms. The van der Waals surface area contributed by atoms with Gasteiger partial charge in [0.25, 0.3) is 0 Å². The number of likely N-dealkylation sites (tertiary alicyclic amines) is 1. The van der Waals surface area contributed by atoms with Gasteiger partial charge in [0.15, 0.2) is 0 Å². The number of amides is 1. The number of hydrogen-bond acceptors (Lipinski definition) is 4. The number of fused-ring (bicyclic) bond motifs is 2. The fraction of sp³-hybridized carbons (Fsp3) is 0.667. The maximum atomic E-state index is 12.4. The van der Waals surface area contributed by atoms with E-state index in [2.05, 4.69) is 47.5 Å². The van der Waals surface area contributed by atoms with E-state index in [1.165, 1.54) is 5.56 Å². The Morgan fingerprint density at radius 2 is 2.17 bits per heavy atom. The number of carbonyl (C=O) groups excluding carboxylic acids is 1. The number of rotatable bonds is 0. The number of alkyl halides is 1. The maximum Gasteiger partial charge on any atom is 0.410 e. The number of piperidine rings is 1. The van der Waals surface area contributed by atoms with E-state index in [-0.39, 0.29) is 15.6 Å². The third-order valence-corrected chi connectivity index (χ3v) is 5.96. The van der Waals surface area contributed by atoms with Gasteiger partial charge in [0.1, 0.15) is 16.8 Å². The molecule has 132 valence electrons. The molecule has 2 unspecified atom stereocenters. The van der Waals surface area contributed by atoms with Crippen molar-refractivity contribution in [3.8, 4) is 0 Å². The van der Waals surface area contributed by atoms with Gasteiger partial charge in [0, 0.05) is 24.8 Å². The van der Waals surface area contributed by atoms with E-state index in [9.17, 15) is 4.79 Å². The topological polar surface area (TPSA) is 51.7 Å². The number of carbonyl (C=O) groups is 1. The smallest absolute Gasteiger partial charge is 0.410 e. The second kappa shape index (κ2) is 5.83. The normalized spacial score (nSPS) is 28.8. The average molecular weight is 444 g/mol. The first-order valence-electron chi connectivity index (χ1n) is 8.33. The molecule has 5 nitrogen and oxygen atoms in total. The summed E-state index contributed by atoms with van der Waals surface area (Å²) in [7, 11) is 0. The molecule has 1 spiro atoms. The zero-order valence-electron chi connectivity index (χ0n) is 14.9. The van der Waals surface area contributed by atoms with Gasteiger partial charge in [0.05, 0.1) is 9.62 Å². The standard InChI is InChI=1S/C18H25IN2O3/c1-16(2,3)23-15(22)21-10-8-18(13(19)11-21)12-7-6-9-20-14(12)17(4,5)24-18/h6-7,9,13H,8,10-11H2,1-5H3. The lowest BCUT2D eigenvalue weighted by molar-refractivity contribution is -0.142. The number of hydrogen-bond donors (Lipinski definition) is 0. The Morgan fingerprint density at radius 3 is 2.79 bits per heavy atom. The van der Waals surface area contributed by atoms with Crippen molar-refractivity contribution in [3.05, 3.63) is 29.6 Å². The maximum absolute atomic E-state index is 12.4. The molecule has 1 amide bonds. The molecule has 0 aliphatic carbocycles. The van der Waals surface area contributed by atoms with Crippen molar-refractivity contribution in [2.75, 3.05) is 13.1 Å². The summed E-state index contributed by atoms with van der Waals surface area (Å²) in [6.45, 7) is 11.0. The van der Waals surface area contributed by atoms with Crippen molar-refractivity contribution in [3.63, 3.8) is 0 Å². The summed E-state index contributed by atoms with van der Waals surface area (Å²) in [6.07, 6.45) is 2.32. The monoisotopic (exact) mass is 444 g/mol. The second-order valence-corrected chi connectivity index (χ2v) is 9.55. The highest BCUT2D eigenvalue weighted by atomic mass is 127. The molecular formula is C18H25IN2O3. The van der Waals surface area contributed by atoms with E-state index >= 15 is 0 Å². The van der Waals surface area contributed by atoms with Crippen LogP contribution in [0.4, 0.5) is 4.79 Å². The summed E-state index contributed by atoms with van der Waals surface area (Å²) >= 11 is 2.41. The predicted octanol–water partition coefficient (Wildman–Crippen LogP) is 3.99. The molecular weight excluding hydrogens is 419 g/mol. The molecule has 0 aromatic carbocycles. The Labute approximate surface area is 157 Å². The van der Waals surface area contributed by atoms with Crippen LogP contribution in [0.2, 0.25) is 0 Å². The van der Waals surface area contributed by atoms with Gasteiger partial charge in [-0.1, -0.05) is 28.7 Å². The summed E-state index contributed by atoms with van der Waals surface area (Å²) in [5, 5.41) is 0. The molecule has 2 aliphatic rings. The summed E-state index contributed by atoms with van der Waals surface area (Å²) in [4.78, 5) is 18.7. The number of ether oxygens (including phenoxy) is 2. The SMILES string of the molecule is CC(C)(C)OC(=O)N1CCC2(OC(C)(C)c3ncccc32)C(I)C1. The first kappa shape index (κ1) is 17.9. The second-order valence-electron chi connectivity index (χ2n) is 8.05. The van der Waals surface area contributed by atoms with Gasteiger partial charge in [-0.2, -0.15) is 0 Å². The first-order valence-corrected chi connectivity index (χ1v) is 9.58. The summed E-state index contributed by atoms with van der Waals surface area (Å²) in [5.41, 5.74) is 0.908. The van der Waals surface area contributed by atoms with Crippen LogP contribution >= 0.6 is 22.6 Å². The van der Waals surface area contributed by atoms with Crippen LogP contribution < -0.4 is 0 Å². The van der Waals surface area contributed by atoms with Gasteiger partial charge in [-0.3, -0.25) is 4.98 Å². The molecule has 0 saturated carbocycles. The minimum atomic E-state index is -0.477. The fourth-order valence-corrected chi connectivity index (χ4v) is 4.84. The van der Waals surface area contributed by atoms with Crippen molar-refractivity contribution in [2.24, 2.45) is 0 Å². The van der Waals surface area contributed by atoms with Crippen molar-refractivity contribution in [1.29, 1.82) is 0 Å². The van der Waals surface area contributed by atoms with E-state index in [0.717, 1.165) is 12.1 Å². The Morgan fingerprint density at radius 1 is 1.46 bits per heavy atom. The third kappa shape index (κ3) is 3.03. The van der Waals surface area contributed by atoms with Crippen LogP contribution in [-0.4, -0.2) is 38.6 Å². The predicted molar refractivity (Wildman–Crippen MR) is 100 cm³/mol. The number of pyridine rings is 1. The summed E-state index contributed by atoms with van der Waals surface area (Å²) in [6, 6.07) is 4.08. The molecule has 1 fully saturated rings. The van der Waals surface area contributed by atoms with Gasteiger partial charge in [-0.25, -0.2) is 4.79 Å². The van der Waals surface area contributed by atoms with Gasteiger partial charge in [-0.15, -0.1) is 0 Å².